The van der Waals surface area contributed by atoms with E-state index in [1.807, 2.05) is 0 Å². The quantitative estimate of drug-likeness (QED) is 0.864. The molecule has 1 amide bonds. The molecule has 0 saturated heterocycles. The average Bonchev–Trinajstić information content (AvgIpc) is 2.48. The number of anilines is 1. The number of rotatable bonds is 4. The summed E-state index contributed by atoms with van der Waals surface area (Å²) in [6, 6.07) is 8.66. The Bertz CT molecular complexity index is 956. The number of nitrogens with zero attached hydrogens (tertiary/aromatic N) is 1. The third-order valence-electron chi connectivity index (χ3n) is 3.21. The molecular formula is C17H21N3O4S. The van der Waals surface area contributed by atoms with E-state index in [-0.39, 0.29) is 16.0 Å². The Morgan fingerprint density at radius 3 is 2.40 bits per heavy atom. The molecule has 2 aromatic rings. The van der Waals surface area contributed by atoms with Gasteiger partial charge in [-0.2, -0.15) is 0 Å². The van der Waals surface area contributed by atoms with Crippen molar-refractivity contribution in [3.63, 3.8) is 0 Å². The van der Waals surface area contributed by atoms with Gasteiger partial charge < -0.3 is 9.88 Å². The molecule has 0 aliphatic heterocycles. The topological polar surface area (TPSA) is 97.3 Å². The molecule has 1 aromatic heterocycles. The normalized spacial score (nSPS) is 12.0. The summed E-state index contributed by atoms with van der Waals surface area (Å²) >= 11 is 0. The predicted molar refractivity (Wildman–Crippen MR) is 96.2 cm³/mol. The summed E-state index contributed by atoms with van der Waals surface area (Å²) in [5.41, 5.74) is -0.410. The molecule has 1 aromatic carbocycles. The minimum absolute atomic E-state index is 0.0456. The van der Waals surface area contributed by atoms with Gasteiger partial charge in [0.15, 0.2) is 0 Å². The molecule has 0 fully saturated rings. The Morgan fingerprint density at radius 1 is 1.12 bits per heavy atom. The van der Waals surface area contributed by atoms with Gasteiger partial charge in [-0.05, 0) is 45.0 Å². The van der Waals surface area contributed by atoms with Crippen LogP contribution in [0.3, 0.4) is 0 Å². The van der Waals surface area contributed by atoms with Crippen molar-refractivity contribution < 1.29 is 13.2 Å². The molecule has 25 heavy (non-hydrogen) atoms. The lowest BCUT2D eigenvalue weighted by Crippen LogP contribution is -2.40. The van der Waals surface area contributed by atoms with Crippen molar-refractivity contribution in [2.75, 3.05) is 5.32 Å². The van der Waals surface area contributed by atoms with Crippen LogP contribution >= 0.6 is 0 Å². The van der Waals surface area contributed by atoms with Crippen LogP contribution in [0.4, 0.5) is 5.69 Å². The van der Waals surface area contributed by atoms with Crippen molar-refractivity contribution in [2.24, 2.45) is 7.05 Å². The van der Waals surface area contributed by atoms with Crippen LogP contribution in [0, 0.1) is 0 Å². The van der Waals surface area contributed by atoms with Gasteiger partial charge in [0.25, 0.3) is 11.5 Å². The molecular weight excluding hydrogens is 342 g/mol. The Morgan fingerprint density at radius 2 is 1.80 bits per heavy atom. The van der Waals surface area contributed by atoms with Crippen LogP contribution in [0.5, 0.6) is 0 Å². The predicted octanol–water partition coefficient (Wildman–Crippen LogP) is 1.71. The standard InChI is InChI=1S/C17H21N3O4S/c1-17(2,3)19-25(23,24)14-7-5-6-13(11-14)18-16(22)12-8-9-20(4)15(21)10-12/h5-11,19H,1-4H3,(H,18,22). The second kappa shape index (κ2) is 6.81. The van der Waals surface area contributed by atoms with Gasteiger partial charge in [0.1, 0.15) is 0 Å². The van der Waals surface area contributed by atoms with Gasteiger partial charge in [0, 0.05) is 36.1 Å². The van der Waals surface area contributed by atoms with Crippen LogP contribution in [0.1, 0.15) is 31.1 Å². The van der Waals surface area contributed by atoms with Crippen molar-refractivity contribution in [3.05, 3.63) is 58.5 Å². The fraction of sp³-hybridized carbons (Fsp3) is 0.294. The number of hydrogen-bond donors (Lipinski definition) is 2. The highest BCUT2D eigenvalue weighted by atomic mass is 32.2. The number of pyridine rings is 1. The number of carbonyl (C=O) groups is 1. The monoisotopic (exact) mass is 363 g/mol. The second-order valence-corrected chi connectivity index (χ2v) is 8.38. The molecule has 8 heteroatoms. The van der Waals surface area contributed by atoms with E-state index in [1.54, 1.807) is 33.9 Å². The molecule has 1 heterocycles. The lowest BCUT2D eigenvalue weighted by atomic mass is 10.1. The SMILES string of the molecule is Cn1ccc(C(=O)Nc2cccc(S(=O)(=O)NC(C)(C)C)c2)cc1=O. The van der Waals surface area contributed by atoms with E-state index in [9.17, 15) is 18.0 Å². The Balaban J connectivity index is 2.25. The second-order valence-electron chi connectivity index (χ2n) is 6.70. The van der Waals surface area contributed by atoms with E-state index in [1.165, 1.54) is 41.1 Å². The average molecular weight is 363 g/mol. The molecule has 0 unspecified atom stereocenters. The summed E-state index contributed by atoms with van der Waals surface area (Å²) in [6.45, 7) is 5.23. The van der Waals surface area contributed by atoms with Gasteiger partial charge in [-0.3, -0.25) is 9.59 Å². The van der Waals surface area contributed by atoms with E-state index < -0.39 is 21.5 Å². The Labute approximate surface area is 146 Å². The number of hydrogen-bond acceptors (Lipinski definition) is 4. The number of nitrogens with one attached hydrogen (secondary N) is 2. The third-order valence-corrected chi connectivity index (χ3v) is 4.96. The van der Waals surface area contributed by atoms with E-state index in [0.717, 1.165) is 0 Å². The number of amides is 1. The Hall–Kier alpha value is -2.45. The van der Waals surface area contributed by atoms with Crippen LogP contribution in [-0.4, -0.2) is 24.4 Å². The lowest BCUT2D eigenvalue weighted by Gasteiger charge is -2.20. The largest absolute Gasteiger partial charge is 0.322 e. The molecule has 2 rings (SSSR count). The van der Waals surface area contributed by atoms with E-state index in [4.69, 9.17) is 0 Å². The molecule has 0 atom stereocenters. The van der Waals surface area contributed by atoms with Crippen LogP contribution in [0.25, 0.3) is 0 Å². The summed E-state index contributed by atoms with van der Waals surface area (Å²) in [5, 5.41) is 2.60. The van der Waals surface area contributed by atoms with Gasteiger partial charge in [-0.15, -0.1) is 0 Å². The zero-order valence-electron chi connectivity index (χ0n) is 14.5. The van der Waals surface area contributed by atoms with Crippen molar-refractivity contribution >= 4 is 21.6 Å². The number of sulfonamides is 1. The fourth-order valence-corrected chi connectivity index (χ4v) is 3.56. The maximum absolute atomic E-state index is 12.4. The van der Waals surface area contributed by atoms with Crippen molar-refractivity contribution in [1.29, 1.82) is 0 Å². The first-order valence-corrected chi connectivity index (χ1v) is 9.08. The zero-order valence-corrected chi connectivity index (χ0v) is 15.3. The summed E-state index contributed by atoms with van der Waals surface area (Å²) in [5.74, 6) is -0.490. The molecule has 134 valence electrons. The first-order chi connectivity index (χ1) is 11.5. The fourth-order valence-electron chi connectivity index (χ4n) is 2.10. The summed E-state index contributed by atoms with van der Waals surface area (Å²) in [7, 11) is -2.12. The third kappa shape index (κ3) is 5.01. The zero-order chi connectivity index (χ0) is 18.8. The summed E-state index contributed by atoms with van der Waals surface area (Å²) < 4.78 is 28.6. The van der Waals surface area contributed by atoms with E-state index in [0.29, 0.717) is 5.69 Å². The van der Waals surface area contributed by atoms with E-state index >= 15 is 0 Å². The molecule has 0 spiro atoms. The number of benzene rings is 1. The van der Waals surface area contributed by atoms with E-state index in [2.05, 4.69) is 10.0 Å². The molecule has 0 bridgehead atoms. The Kier molecular flexibility index (Phi) is 5.15. The van der Waals surface area contributed by atoms with Gasteiger partial charge in [0.2, 0.25) is 10.0 Å². The summed E-state index contributed by atoms with van der Waals surface area (Å²) in [6.07, 6.45) is 1.49. The minimum Gasteiger partial charge on any atom is -0.322 e. The van der Waals surface area contributed by atoms with Gasteiger partial charge in [0.05, 0.1) is 4.90 Å². The van der Waals surface area contributed by atoms with Crippen molar-refractivity contribution in [2.45, 2.75) is 31.2 Å². The summed E-state index contributed by atoms with van der Waals surface area (Å²) in [4.78, 5) is 23.9. The minimum atomic E-state index is -3.71. The van der Waals surface area contributed by atoms with Crippen LogP contribution < -0.4 is 15.6 Å². The number of aryl methyl sites for hydroxylation is 1. The van der Waals surface area contributed by atoms with Crippen LogP contribution in [0.2, 0.25) is 0 Å². The molecule has 0 saturated carbocycles. The van der Waals surface area contributed by atoms with Crippen LogP contribution in [0.15, 0.2) is 52.3 Å². The van der Waals surface area contributed by atoms with Crippen LogP contribution in [-0.2, 0) is 17.1 Å². The molecule has 2 N–H and O–H groups in total. The first kappa shape index (κ1) is 18.9. The highest BCUT2D eigenvalue weighted by Crippen LogP contribution is 2.18. The van der Waals surface area contributed by atoms with Crippen molar-refractivity contribution in [3.8, 4) is 0 Å². The lowest BCUT2D eigenvalue weighted by molar-refractivity contribution is 0.102. The molecule has 0 aliphatic rings. The first-order valence-electron chi connectivity index (χ1n) is 7.60. The van der Waals surface area contributed by atoms with Crippen molar-refractivity contribution in [1.82, 2.24) is 9.29 Å². The number of carbonyl (C=O) groups excluding carboxylic acids is 1. The van der Waals surface area contributed by atoms with Gasteiger partial charge >= 0.3 is 0 Å². The highest BCUT2D eigenvalue weighted by molar-refractivity contribution is 7.89. The smallest absolute Gasteiger partial charge is 0.255 e. The maximum Gasteiger partial charge on any atom is 0.255 e. The highest BCUT2D eigenvalue weighted by Gasteiger charge is 2.22. The molecule has 0 aliphatic carbocycles. The maximum atomic E-state index is 12.4. The van der Waals surface area contributed by atoms with Gasteiger partial charge in [-0.25, -0.2) is 13.1 Å². The number of aromatic nitrogens is 1. The molecule has 0 radical (unpaired) electrons. The molecule has 7 nitrogen and oxygen atoms in total. The van der Waals surface area contributed by atoms with Gasteiger partial charge in [-0.1, -0.05) is 6.07 Å².